The van der Waals surface area contributed by atoms with Gasteiger partial charge in [0.1, 0.15) is 0 Å². The number of benzene rings is 1. The first-order valence-electron chi connectivity index (χ1n) is 8.23. The number of hydrogen-bond acceptors (Lipinski definition) is 3. The molecule has 2 aromatic rings. The number of hydrogen-bond donors (Lipinski definition) is 2. The Morgan fingerprint density at radius 1 is 1.33 bits per heavy atom. The summed E-state index contributed by atoms with van der Waals surface area (Å²) in [5.41, 5.74) is 9.88. The van der Waals surface area contributed by atoms with Crippen molar-refractivity contribution in [2.45, 2.75) is 45.6 Å². The second kappa shape index (κ2) is 6.47. The highest BCUT2D eigenvalue weighted by Gasteiger charge is 2.27. The molecule has 1 aromatic carbocycles. The first kappa shape index (κ1) is 16.2. The average molecular weight is 326 g/mol. The molecular formula is C18H22N4O2. The second-order valence-corrected chi connectivity index (χ2v) is 6.37. The molecule has 1 aromatic heterocycles. The van der Waals surface area contributed by atoms with E-state index in [1.165, 1.54) is 0 Å². The minimum absolute atomic E-state index is 0.117. The third-order valence-corrected chi connectivity index (χ3v) is 4.37. The molecular weight excluding hydrogens is 304 g/mol. The third-order valence-electron chi connectivity index (χ3n) is 4.37. The smallest absolute Gasteiger partial charge is 0.272 e. The van der Waals surface area contributed by atoms with Crippen LogP contribution >= 0.6 is 0 Å². The fourth-order valence-corrected chi connectivity index (χ4v) is 3.27. The summed E-state index contributed by atoms with van der Waals surface area (Å²) in [6.45, 7) is 3.80. The number of para-hydroxylation sites is 1. The molecule has 3 N–H and O–H groups in total. The van der Waals surface area contributed by atoms with E-state index in [4.69, 9.17) is 5.73 Å². The Morgan fingerprint density at radius 2 is 2.08 bits per heavy atom. The first-order valence-corrected chi connectivity index (χ1v) is 8.23. The predicted molar refractivity (Wildman–Crippen MR) is 91.1 cm³/mol. The molecule has 0 spiro atoms. The minimum Gasteiger partial charge on any atom is -0.370 e. The fraction of sp³-hybridized carbons (Fsp3) is 0.389. The van der Waals surface area contributed by atoms with Crippen molar-refractivity contribution >= 4 is 11.8 Å². The summed E-state index contributed by atoms with van der Waals surface area (Å²) >= 11 is 0. The van der Waals surface area contributed by atoms with Gasteiger partial charge in [-0.15, -0.1) is 0 Å². The largest absolute Gasteiger partial charge is 0.370 e. The predicted octanol–water partition coefficient (Wildman–Crippen LogP) is 1.66. The number of nitrogens with zero attached hydrogens (tertiary/aromatic N) is 2. The van der Waals surface area contributed by atoms with Crippen LogP contribution in [0.2, 0.25) is 0 Å². The number of aryl methyl sites for hydroxylation is 1. The summed E-state index contributed by atoms with van der Waals surface area (Å²) < 4.78 is 1.89. The Hall–Kier alpha value is -2.63. The first-order chi connectivity index (χ1) is 11.5. The third kappa shape index (κ3) is 3.04. The Bertz CT molecular complexity index is 794. The van der Waals surface area contributed by atoms with E-state index in [-0.39, 0.29) is 18.4 Å². The maximum absolute atomic E-state index is 12.6. The Kier molecular flexibility index (Phi) is 4.38. The van der Waals surface area contributed by atoms with Gasteiger partial charge in [0.05, 0.1) is 5.69 Å². The molecule has 1 unspecified atom stereocenters. The average Bonchev–Trinajstić information content (AvgIpc) is 3.08. The van der Waals surface area contributed by atoms with E-state index < -0.39 is 5.91 Å². The Labute approximate surface area is 141 Å². The standard InChI is InChI=1S/C18H22N4O2/c1-11-6-3-4-8-14(11)22-15-9-5-7-13(15)17(21-22)18(24)20-12(2)10-16(19)23/h3-4,6,8,12H,5,7,9-10H2,1-2H3,(H2,19,23)(H,20,24). The Balaban J connectivity index is 1.93. The van der Waals surface area contributed by atoms with Crippen molar-refractivity contribution in [3.05, 3.63) is 46.8 Å². The Morgan fingerprint density at radius 3 is 2.79 bits per heavy atom. The lowest BCUT2D eigenvalue weighted by Crippen LogP contribution is -2.36. The molecule has 0 saturated carbocycles. The van der Waals surface area contributed by atoms with E-state index in [0.717, 1.165) is 41.8 Å². The van der Waals surface area contributed by atoms with Gasteiger partial charge in [0.15, 0.2) is 5.69 Å². The van der Waals surface area contributed by atoms with E-state index in [0.29, 0.717) is 5.69 Å². The van der Waals surface area contributed by atoms with E-state index in [2.05, 4.69) is 10.4 Å². The van der Waals surface area contributed by atoms with Gasteiger partial charge < -0.3 is 11.1 Å². The van der Waals surface area contributed by atoms with E-state index >= 15 is 0 Å². The summed E-state index contributed by atoms with van der Waals surface area (Å²) in [5, 5.41) is 7.40. The van der Waals surface area contributed by atoms with Crippen LogP contribution in [0.5, 0.6) is 0 Å². The van der Waals surface area contributed by atoms with Gasteiger partial charge in [-0.25, -0.2) is 4.68 Å². The van der Waals surface area contributed by atoms with E-state index in [1.807, 2.05) is 35.9 Å². The van der Waals surface area contributed by atoms with Crippen LogP contribution in [-0.4, -0.2) is 27.6 Å². The monoisotopic (exact) mass is 326 g/mol. The van der Waals surface area contributed by atoms with Crippen molar-refractivity contribution in [1.29, 1.82) is 0 Å². The molecule has 0 saturated heterocycles. The number of primary amides is 1. The van der Waals surface area contributed by atoms with Crippen LogP contribution in [0.15, 0.2) is 24.3 Å². The zero-order chi connectivity index (χ0) is 17.3. The lowest BCUT2D eigenvalue weighted by Gasteiger charge is -2.11. The molecule has 0 radical (unpaired) electrons. The van der Waals surface area contributed by atoms with Gasteiger partial charge in [0.25, 0.3) is 5.91 Å². The molecule has 3 rings (SSSR count). The number of rotatable bonds is 5. The van der Waals surface area contributed by atoms with Crippen molar-refractivity contribution in [3.8, 4) is 5.69 Å². The molecule has 1 heterocycles. The highest BCUT2D eigenvalue weighted by Crippen LogP contribution is 2.28. The lowest BCUT2D eigenvalue weighted by atomic mass is 10.1. The topological polar surface area (TPSA) is 90.0 Å². The summed E-state index contributed by atoms with van der Waals surface area (Å²) in [6, 6.07) is 7.70. The van der Waals surface area contributed by atoms with Gasteiger partial charge >= 0.3 is 0 Å². The fourth-order valence-electron chi connectivity index (χ4n) is 3.27. The molecule has 0 bridgehead atoms. The summed E-state index contributed by atoms with van der Waals surface area (Å²) in [7, 11) is 0. The van der Waals surface area contributed by atoms with Gasteiger partial charge in [-0.1, -0.05) is 18.2 Å². The second-order valence-electron chi connectivity index (χ2n) is 6.37. The molecule has 1 atom stereocenters. The molecule has 0 fully saturated rings. The SMILES string of the molecule is Cc1ccccc1-n1nc(C(=O)NC(C)CC(N)=O)c2c1CCC2. The van der Waals surface area contributed by atoms with Crippen LogP contribution in [0, 0.1) is 6.92 Å². The molecule has 24 heavy (non-hydrogen) atoms. The number of amides is 2. The van der Waals surface area contributed by atoms with Gasteiger partial charge in [-0.05, 0) is 44.7 Å². The maximum atomic E-state index is 12.6. The van der Waals surface area contributed by atoms with Crippen molar-refractivity contribution in [2.24, 2.45) is 5.73 Å². The van der Waals surface area contributed by atoms with Crippen LogP contribution in [0.25, 0.3) is 5.69 Å². The summed E-state index contributed by atoms with van der Waals surface area (Å²) in [4.78, 5) is 23.6. The van der Waals surface area contributed by atoms with Crippen LogP contribution in [0.4, 0.5) is 0 Å². The molecule has 0 aliphatic heterocycles. The van der Waals surface area contributed by atoms with Crippen molar-refractivity contribution < 1.29 is 9.59 Å². The minimum atomic E-state index is -0.432. The zero-order valence-electron chi connectivity index (χ0n) is 14.0. The highest BCUT2D eigenvalue weighted by molar-refractivity contribution is 5.94. The van der Waals surface area contributed by atoms with E-state index in [9.17, 15) is 9.59 Å². The zero-order valence-corrected chi connectivity index (χ0v) is 14.0. The van der Waals surface area contributed by atoms with Crippen molar-refractivity contribution in [1.82, 2.24) is 15.1 Å². The van der Waals surface area contributed by atoms with Crippen LogP contribution in [0.1, 0.15) is 47.1 Å². The normalized spacial score (nSPS) is 14.2. The number of carbonyl (C=O) groups excluding carboxylic acids is 2. The number of fused-ring (bicyclic) bond motifs is 1. The summed E-state index contributed by atoms with van der Waals surface area (Å²) in [5.74, 6) is -0.673. The lowest BCUT2D eigenvalue weighted by molar-refractivity contribution is -0.118. The number of nitrogens with one attached hydrogen (secondary N) is 1. The van der Waals surface area contributed by atoms with Crippen LogP contribution in [0.3, 0.4) is 0 Å². The quantitative estimate of drug-likeness (QED) is 0.875. The number of nitrogens with two attached hydrogens (primary N) is 1. The van der Waals surface area contributed by atoms with Crippen LogP contribution < -0.4 is 11.1 Å². The maximum Gasteiger partial charge on any atom is 0.272 e. The van der Waals surface area contributed by atoms with Gasteiger partial charge in [0, 0.05) is 23.7 Å². The molecule has 126 valence electrons. The summed E-state index contributed by atoms with van der Waals surface area (Å²) in [6.07, 6.45) is 2.91. The molecule has 1 aliphatic carbocycles. The van der Waals surface area contributed by atoms with Crippen LogP contribution in [-0.2, 0) is 17.6 Å². The molecule has 6 nitrogen and oxygen atoms in total. The van der Waals surface area contributed by atoms with Gasteiger partial charge in [-0.3, -0.25) is 9.59 Å². The number of aromatic nitrogens is 2. The number of carbonyl (C=O) groups is 2. The molecule has 6 heteroatoms. The van der Waals surface area contributed by atoms with Crippen molar-refractivity contribution in [3.63, 3.8) is 0 Å². The van der Waals surface area contributed by atoms with Gasteiger partial charge in [0.2, 0.25) is 5.91 Å². The van der Waals surface area contributed by atoms with Crippen molar-refractivity contribution in [2.75, 3.05) is 0 Å². The van der Waals surface area contributed by atoms with E-state index in [1.54, 1.807) is 6.92 Å². The molecule has 1 aliphatic rings. The highest BCUT2D eigenvalue weighted by atomic mass is 16.2. The van der Waals surface area contributed by atoms with Gasteiger partial charge in [-0.2, -0.15) is 5.10 Å². The molecule has 2 amide bonds.